The lowest BCUT2D eigenvalue weighted by Gasteiger charge is -2.08. The number of halogens is 2. The molecule has 0 radical (unpaired) electrons. The highest BCUT2D eigenvalue weighted by Crippen LogP contribution is 2.26. The first-order chi connectivity index (χ1) is 11.0. The van der Waals surface area contributed by atoms with Crippen LogP contribution in [0.4, 0.5) is 5.69 Å². The molecule has 23 heavy (non-hydrogen) atoms. The van der Waals surface area contributed by atoms with Crippen LogP contribution in [0.5, 0.6) is 0 Å². The Bertz CT molecular complexity index is 877. The van der Waals surface area contributed by atoms with Gasteiger partial charge in [0.1, 0.15) is 0 Å². The summed E-state index contributed by atoms with van der Waals surface area (Å²) in [6.45, 7) is 1.96. The second-order valence-corrected chi connectivity index (χ2v) is 6.82. The molecule has 3 rings (SSSR count). The largest absolute Gasteiger partial charge is 0.322 e. The van der Waals surface area contributed by atoms with E-state index in [1.807, 2.05) is 36.6 Å². The van der Waals surface area contributed by atoms with E-state index < -0.39 is 0 Å². The number of rotatable bonds is 3. The maximum absolute atomic E-state index is 12.4. The van der Waals surface area contributed by atoms with Crippen molar-refractivity contribution in [3.05, 3.63) is 68.5 Å². The van der Waals surface area contributed by atoms with Gasteiger partial charge in [0, 0.05) is 21.7 Å². The van der Waals surface area contributed by atoms with E-state index in [4.69, 9.17) is 23.2 Å². The highest BCUT2D eigenvalue weighted by molar-refractivity contribution is 7.09. The monoisotopic (exact) mass is 362 g/mol. The molecule has 1 aromatic heterocycles. The fourth-order valence-corrected chi connectivity index (χ4v) is 3.12. The number of hydrogen-bond donors (Lipinski definition) is 1. The van der Waals surface area contributed by atoms with E-state index in [1.165, 1.54) is 0 Å². The summed E-state index contributed by atoms with van der Waals surface area (Å²) >= 11 is 13.6. The lowest BCUT2D eigenvalue weighted by Crippen LogP contribution is -2.12. The first-order valence-electron chi connectivity index (χ1n) is 6.82. The second-order valence-electron chi connectivity index (χ2n) is 4.91. The highest BCUT2D eigenvalue weighted by Gasteiger charge is 2.12. The van der Waals surface area contributed by atoms with Crippen molar-refractivity contribution >= 4 is 46.1 Å². The minimum Gasteiger partial charge on any atom is -0.322 e. The molecule has 0 spiro atoms. The third-order valence-electron chi connectivity index (χ3n) is 3.21. The third kappa shape index (κ3) is 3.72. The van der Waals surface area contributed by atoms with E-state index in [9.17, 15) is 4.79 Å². The first kappa shape index (κ1) is 16.0. The molecule has 3 aromatic rings. The van der Waals surface area contributed by atoms with Crippen LogP contribution >= 0.6 is 34.5 Å². The number of benzene rings is 2. The average molecular weight is 363 g/mol. The van der Waals surface area contributed by atoms with Gasteiger partial charge in [0.05, 0.1) is 21.3 Å². The van der Waals surface area contributed by atoms with Gasteiger partial charge in [-0.3, -0.25) is 4.79 Å². The van der Waals surface area contributed by atoms with Crippen LogP contribution in [0.3, 0.4) is 0 Å². The molecule has 0 fully saturated rings. The van der Waals surface area contributed by atoms with Crippen LogP contribution in [0, 0.1) is 6.92 Å². The van der Waals surface area contributed by atoms with E-state index in [1.54, 1.807) is 29.5 Å². The van der Waals surface area contributed by atoms with E-state index in [-0.39, 0.29) is 5.91 Å². The number of anilines is 1. The van der Waals surface area contributed by atoms with Crippen molar-refractivity contribution in [2.24, 2.45) is 0 Å². The smallest absolute Gasteiger partial charge is 0.257 e. The van der Waals surface area contributed by atoms with Crippen molar-refractivity contribution in [2.75, 3.05) is 5.32 Å². The summed E-state index contributed by atoms with van der Waals surface area (Å²) in [5, 5.41) is 6.65. The normalized spacial score (nSPS) is 10.6. The van der Waals surface area contributed by atoms with E-state index in [2.05, 4.69) is 10.3 Å². The van der Waals surface area contributed by atoms with Crippen LogP contribution in [-0.2, 0) is 0 Å². The van der Waals surface area contributed by atoms with Crippen LogP contribution in [0.2, 0.25) is 10.0 Å². The summed E-state index contributed by atoms with van der Waals surface area (Å²) in [6.07, 6.45) is 0. The van der Waals surface area contributed by atoms with Crippen LogP contribution in [0.1, 0.15) is 15.4 Å². The molecule has 6 heteroatoms. The van der Waals surface area contributed by atoms with E-state index >= 15 is 0 Å². The van der Waals surface area contributed by atoms with Gasteiger partial charge in [-0.2, -0.15) is 0 Å². The molecule has 3 nitrogen and oxygen atoms in total. The molecule has 0 aliphatic heterocycles. The third-order valence-corrected chi connectivity index (χ3v) is 4.55. The van der Waals surface area contributed by atoms with Crippen molar-refractivity contribution in [3.63, 3.8) is 0 Å². The summed E-state index contributed by atoms with van der Waals surface area (Å²) in [6, 6.07) is 12.3. The Morgan fingerprint density at radius 2 is 2.00 bits per heavy atom. The Labute approximate surface area is 147 Å². The summed E-state index contributed by atoms with van der Waals surface area (Å²) in [7, 11) is 0. The average Bonchev–Trinajstić information content (AvgIpc) is 2.96. The van der Waals surface area contributed by atoms with Gasteiger partial charge < -0.3 is 5.32 Å². The molecular weight excluding hydrogens is 351 g/mol. The minimum atomic E-state index is -0.302. The van der Waals surface area contributed by atoms with Gasteiger partial charge in [0.25, 0.3) is 5.91 Å². The lowest BCUT2D eigenvalue weighted by molar-refractivity contribution is 0.102. The summed E-state index contributed by atoms with van der Waals surface area (Å²) in [5.41, 5.74) is 2.86. The number of aromatic nitrogens is 1. The Kier molecular flexibility index (Phi) is 4.66. The zero-order valence-corrected chi connectivity index (χ0v) is 14.5. The van der Waals surface area contributed by atoms with Crippen molar-refractivity contribution < 1.29 is 4.79 Å². The molecule has 0 saturated heterocycles. The Hall–Kier alpha value is -1.88. The fourth-order valence-electron chi connectivity index (χ4n) is 2.12. The highest BCUT2D eigenvalue weighted by atomic mass is 35.5. The van der Waals surface area contributed by atoms with Gasteiger partial charge in [0.2, 0.25) is 0 Å². The standard InChI is InChI=1S/C17H12Cl2N2OS/c1-10-20-16(9-23-10)11-3-2-4-13(7-11)21-17(22)14-8-12(18)5-6-15(14)19/h2-9H,1H3,(H,21,22). The number of nitrogens with zero attached hydrogens (tertiary/aromatic N) is 1. The number of aryl methyl sites for hydroxylation is 1. The predicted molar refractivity (Wildman–Crippen MR) is 96.7 cm³/mol. The topological polar surface area (TPSA) is 42.0 Å². The molecule has 0 aliphatic rings. The van der Waals surface area contributed by atoms with Gasteiger partial charge in [-0.25, -0.2) is 4.98 Å². The first-order valence-corrected chi connectivity index (χ1v) is 8.45. The molecule has 0 saturated carbocycles. The number of carbonyl (C=O) groups is 1. The molecule has 0 bridgehead atoms. The van der Waals surface area contributed by atoms with Gasteiger partial charge >= 0.3 is 0 Å². The van der Waals surface area contributed by atoms with Gasteiger partial charge in [-0.15, -0.1) is 11.3 Å². The predicted octanol–water partition coefficient (Wildman–Crippen LogP) is 5.68. The van der Waals surface area contributed by atoms with Gasteiger partial charge in [0.15, 0.2) is 0 Å². The molecular formula is C17H12Cl2N2OS. The quantitative estimate of drug-likeness (QED) is 0.651. The molecule has 0 aliphatic carbocycles. The van der Waals surface area contributed by atoms with Crippen molar-refractivity contribution in [3.8, 4) is 11.3 Å². The maximum atomic E-state index is 12.4. The fraction of sp³-hybridized carbons (Fsp3) is 0.0588. The van der Waals surface area contributed by atoms with Crippen molar-refractivity contribution in [2.45, 2.75) is 6.92 Å². The molecule has 0 unspecified atom stereocenters. The zero-order valence-electron chi connectivity index (χ0n) is 12.1. The van der Waals surface area contributed by atoms with Crippen LogP contribution in [0.25, 0.3) is 11.3 Å². The number of thiazole rings is 1. The maximum Gasteiger partial charge on any atom is 0.257 e. The van der Waals surface area contributed by atoms with Crippen molar-refractivity contribution in [1.29, 1.82) is 0 Å². The second kappa shape index (κ2) is 6.71. The zero-order chi connectivity index (χ0) is 16.4. The van der Waals surface area contributed by atoms with Gasteiger partial charge in [-0.05, 0) is 37.3 Å². The van der Waals surface area contributed by atoms with Crippen LogP contribution < -0.4 is 5.32 Å². The summed E-state index contributed by atoms with van der Waals surface area (Å²) in [5.74, 6) is -0.302. The number of nitrogens with one attached hydrogen (secondary N) is 1. The molecule has 1 N–H and O–H groups in total. The van der Waals surface area contributed by atoms with E-state index in [0.717, 1.165) is 16.3 Å². The van der Waals surface area contributed by atoms with Gasteiger partial charge in [-0.1, -0.05) is 35.3 Å². The molecule has 1 amide bonds. The molecule has 0 atom stereocenters. The van der Waals surface area contributed by atoms with Crippen LogP contribution in [0.15, 0.2) is 47.8 Å². The minimum absolute atomic E-state index is 0.302. The Morgan fingerprint density at radius 1 is 1.17 bits per heavy atom. The Balaban J connectivity index is 1.85. The number of amides is 1. The Morgan fingerprint density at radius 3 is 2.74 bits per heavy atom. The molecule has 116 valence electrons. The van der Waals surface area contributed by atoms with E-state index in [0.29, 0.717) is 21.3 Å². The SMILES string of the molecule is Cc1nc(-c2cccc(NC(=O)c3cc(Cl)ccc3Cl)c2)cs1. The van der Waals surface area contributed by atoms with Crippen LogP contribution in [-0.4, -0.2) is 10.9 Å². The number of carbonyl (C=O) groups excluding carboxylic acids is 1. The summed E-state index contributed by atoms with van der Waals surface area (Å²) < 4.78 is 0. The molecule has 2 aromatic carbocycles. The lowest BCUT2D eigenvalue weighted by atomic mass is 10.1. The molecule has 1 heterocycles. The van der Waals surface area contributed by atoms with Crippen molar-refractivity contribution in [1.82, 2.24) is 4.98 Å². The number of hydrogen-bond acceptors (Lipinski definition) is 3. The summed E-state index contributed by atoms with van der Waals surface area (Å²) in [4.78, 5) is 16.8.